The third-order valence-electron chi connectivity index (χ3n) is 6.34. The van der Waals surface area contributed by atoms with E-state index in [9.17, 15) is 13.6 Å². The lowest BCUT2D eigenvalue weighted by atomic mass is 9.98. The quantitative estimate of drug-likeness (QED) is 0.681. The molecule has 1 spiro atoms. The number of rotatable bonds is 7. The van der Waals surface area contributed by atoms with Crippen LogP contribution in [-0.4, -0.2) is 48.3 Å². The van der Waals surface area contributed by atoms with E-state index in [2.05, 4.69) is 9.97 Å². The smallest absolute Gasteiger partial charge is 0.238 e. The molecule has 1 unspecified atom stereocenters. The molecule has 2 fully saturated rings. The molecule has 3 aliphatic rings. The highest BCUT2D eigenvalue weighted by molar-refractivity contribution is 6.10. The van der Waals surface area contributed by atoms with E-state index in [1.54, 1.807) is 17.2 Å². The molecule has 3 heterocycles. The zero-order chi connectivity index (χ0) is 21.6. The van der Waals surface area contributed by atoms with Crippen LogP contribution in [0.15, 0.2) is 24.4 Å². The third-order valence-corrected chi connectivity index (χ3v) is 6.34. The Morgan fingerprint density at radius 2 is 2.16 bits per heavy atom. The average molecular weight is 429 g/mol. The highest BCUT2D eigenvalue weighted by Gasteiger charge is 2.59. The van der Waals surface area contributed by atoms with Crippen molar-refractivity contribution in [3.8, 4) is 5.88 Å². The normalized spacial score (nSPS) is 21.1. The zero-order valence-electron chi connectivity index (χ0n) is 17.2. The average Bonchev–Trinajstić information content (AvgIpc) is 3.40. The summed E-state index contributed by atoms with van der Waals surface area (Å²) in [6.45, 7) is 1.26. The molecule has 0 radical (unpaired) electrons. The molecular weight excluding hydrogens is 404 g/mol. The number of alkyl halides is 1. The molecule has 164 valence electrons. The van der Waals surface area contributed by atoms with Crippen LogP contribution in [0.2, 0.25) is 0 Å². The van der Waals surface area contributed by atoms with Crippen LogP contribution in [0.4, 0.5) is 20.4 Å². The topological polar surface area (TPSA) is 84.6 Å². The van der Waals surface area contributed by atoms with Gasteiger partial charge in [0.05, 0.1) is 36.5 Å². The number of hydrogen-bond acceptors (Lipinski definition) is 6. The van der Waals surface area contributed by atoms with E-state index < -0.39 is 12.1 Å². The molecule has 1 aromatic heterocycles. The first kappa shape index (κ1) is 20.1. The minimum Gasteiger partial charge on any atom is -0.477 e. The number of carbonyl (C=O) groups is 1. The van der Waals surface area contributed by atoms with Gasteiger partial charge >= 0.3 is 0 Å². The van der Waals surface area contributed by atoms with Gasteiger partial charge in [0.15, 0.2) is 0 Å². The molecule has 2 aromatic rings. The van der Waals surface area contributed by atoms with Gasteiger partial charge in [-0.05, 0) is 37.0 Å². The molecule has 2 N–H and O–H groups in total. The molecule has 2 aliphatic heterocycles. The number of carbonyl (C=O) groups excluding carboxylic acids is 1. The van der Waals surface area contributed by atoms with Crippen molar-refractivity contribution in [2.24, 2.45) is 5.73 Å². The van der Waals surface area contributed by atoms with Gasteiger partial charge in [-0.3, -0.25) is 9.18 Å². The first-order valence-electron chi connectivity index (χ1n) is 10.7. The Morgan fingerprint density at radius 1 is 1.32 bits per heavy atom. The van der Waals surface area contributed by atoms with Gasteiger partial charge in [0, 0.05) is 31.7 Å². The molecule has 9 heteroatoms. The second kappa shape index (κ2) is 7.71. The Balaban J connectivity index is 1.45. The Bertz CT molecular complexity index is 1010. The van der Waals surface area contributed by atoms with E-state index >= 15 is 0 Å². The van der Waals surface area contributed by atoms with Crippen LogP contribution in [-0.2, 0) is 16.8 Å². The van der Waals surface area contributed by atoms with Gasteiger partial charge in [0.25, 0.3) is 0 Å². The van der Waals surface area contributed by atoms with Crippen LogP contribution in [0.3, 0.4) is 0 Å². The lowest BCUT2D eigenvalue weighted by molar-refractivity contribution is -0.120. The van der Waals surface area contributed by atoms with E-state index in [1.807, 2.05) is 4.90 Å². The maximum absolute atomic E-state index is 14.0. The molecule has 1 aliphatic carbocycles. The van der Waals surface area contributed by atoms with Crippen LogP contribution < -0.4 is 20.3 Å². The van der Waals surface area contributed by atoms with Gasteiger partial charge in [0.2, 0.25) is 17.7 Å². The number of benzene rings is 1. The number of hydrogen-bond donors (Lipinski definition) is 1. The van der Waals surface area contributed by atoms with Gasteiger partial charge < -0.3 is 20.3 Å². The van der Waals surface area contributed by atoms with E-state index in [1.165, 1.54) is 12.1 Å². The highest BCUT2D eigenvalue weighted by Crippen LogP contribution is 2.57. The minimum atomic E-state index is -0.523. The van der Waals surface area contributed by atoms with Gasteiger partial charge in [0.1, 0.15) is 5.82 Å². The molecule has 1 saturated carbocycles. The molecule has 1 aromatic carbocycles. The number of anilines is 2. The van der Waals surface area contributed by atoms with Crippen LogP contribution in [0.5, 0.6) is 5.88 Å². The summed E-state index contributed by atoms with van der Waals surface area (Å²) in [6.07, 6.45) is 4.28. The Hall–Kier alpha value is -2.81. The first-order valence-corrected chi connectivity index (χ1v) is 10.7. The van der Waals surface area contributed by atoms with Gasteiger partial charge in [-0.1, -0.05) is 6.07 Å². The number of nitrogens with two attached hydrogens (primary N) is 1. The fraction of sp³-hybridized carbons (Fsp3) is 0.500. The van der Waals surface area contributed by atoms with Crippen molar-refractivity contribution >= 4 is 17.5 Å². The van der Waals surface area contributed by atoms with Crippen molar-refractivity contribution in [2.75, 3.05) is 36.2 Å². The summed E-state index contributed by atoms with van der Waals surface area (Å²) in [5.41, 5.74) is 7.54. The lowest BCUT2D eigenvalue weighted by Crippen LogP contribution is -2.32. The van der Waals surface area contributed by atoms with Gasteiger partial charge in [-0.25, -0.2) is 9.37 Å². The van der Waals surface area contributed by atoms with Crippen molar-refractivity contribution in [3.63, 3.8) is 0 Å². The first-order chi connectivity index (χ1) is 15.0. The fourth-order valence-electron chi connectivity index (χ4n) is 4.51. The zero-order valence-corrected chi connectivity index (χ0v) is 17.2. The Kier molecular flexibility index (Phi) is 5.00. The second-order valence-corrected chi connectivity index (χ2v) is 8.52. The molecule has 1 atom stereocenters. The van der Waals surface area contributed by atoms with Crippen LogP contribution in [0, 0.1) is 5.82 Å². The van der Waals surface area contributed by atoms with E-state index in [0.29, 0.717) is 29.6 Å². The SMILES string of the molecule is NC1CCN(c2ncc(CN3C(=O)C4(CC4)c4ccc(F)cc43)c(OCCCF)n2)C1. The summed E-state index contributed by atoms with van der Waals surface area (Å²) in [4.78, 5) is 25.8. The maximum atomic E-state index is 14.0. The number of fused-ring (bicyclic) bond motifs is 2. The van der Waals surface area contributed by atoms with Crippen molar-refractivity contribution in [1.82, 2.24) is 9.97 Å². The Labute approximate surface area is 179 Å². The molecule has 0 bridgehead atoms. The lowest BCUT2D eigenvalue weighted by Gasteiger charge is -2.21. The number of amides is 1. The van der Waals surface area contributed by atoms with Crippen molar-refractivity contribution in [3.05, 3.63) is 41.3 Å². The summed E-state index contributed by atoms with van der Waals surface area (Å²) >= 11 is 0. The molecule has 1 amide bonds. The van der Waals surface area contributed by atoms with Crippen molar-refractivity contribution in [1.29, 1.82) is 0 Å². The van der Waals surface area contributed by atoms with Gasteiger partial charge in [-0.15, -0.1) is 0 Å². The van der Waals surface area contributed by atoms with Crippen molar-refractivity contribution < 1.29 is 18.3 Å². The van der Waals surface area contributed by atoms with E-state index in [0.717, 1.165) is 31.4 Å². The Morgan fingerprint density at radius 3 is 2.87 bits per heavy atom. The molecular formula is C22H25F2N5O2. The minimum absolute atomic E-state index is 0.0302. The largest absolute Gasteiger partial charge is 0.477 e. The third kappa shape index (κ3) is 3.50. The van der Waals surface area contributed by atoms with E-state index in [4.69, 9.17) is 10.5 Å². The second-order valence-electron chi connectivity index (χ2n) is 8.52. The molecule has 1 saturated heterocycles. The van der Waals surface area contributed by atoms with Crippen molar-refractivity contribution in [2.45, 2.75) is 43.7 Å². The number of halogens is 2. The van der Waals surface area contributed by atoms with Crippen LogP contribution >= 0.6 is 0 Å². The summed E-state index contributed by atoms with van der Waals surface area (Å²) in [7, 11) is 0. The highest BCUT2D eigenvalue weighted by atomic mass is 19.1. The summed E-state index contributed by atoms with van der Waals surface area (Å²) in [6, 6.07) is 4.59. The summed E-state index contributed by atoms with van der Waals surface area (Å²) in [5, 5.41) is 0. The maximum Gasteiger partial charge on any atom is 0.238 e. The predicted octanol–water partition coefficient (Wildman–Crippen LogP) is 2.47. The molecule has 5 rings (SSSR count). The number of ether oxygens (including phenoxy) is 1. The fourth-order valence-corrected chi connectivity index (χ4v) is 4.51. The molecule has 7 nitrogen and oxygen atoms in total. The van der Waals surface area contributed by atoms with E-state index in [-0.39, 0.29) is 37.3 Å². The van der Waals surface area contributed by atoms with Crippen LogP contribution in [0.25, 0.3) is 0 Å². The monoisotopic (exact) mass is 429 g/mol. The van der Waals surface area contributed by atoms with Gasteiger partial charge in [-0.2, -0.15) is 4.98 Å². The molecule has 31 heavy (non-hydrogen) atoms. The number of aromatic nitrogens is 2. The standard InChI is InChI=1S/C22H25F2N5O2/c23-7-1-9-31-19-14(11-26-21(27-19)28-8-4-16(25)13-28)12-29-18-10-15(24)2-3-17(18)22(5-6-22)20(29)30/h2-3,10-11,16H,1,4-9,12-13,25H2. The summed E-state index contributed by atoms with van der Waals surface area (Å²) in [5.74, 6) is 0.411. The van der Waals surface area contributed by atoms with Crippen LogP contribution in [0.1, 0.15) is 36.8 Å². The number of nitrogens with zero attached hydrogens (tertiary/aromatic N) is 4. The predicted molar refractivity (Wildman–Crippen MR) is 111 cm³/mol. The summed E-state index contributed by atoms with van der Waals surface area (Å²) < 4.78 is 32.4.